The molecule has 2 N–H and O–H groups in total. The molecule has 2 rings (SSSR count). The topological polar surface area (TPSA) is 51.8 Å². The van der Waals surface area contributed by atoms with Gasteiger partial charge in [-0.05, 0) is 40.6 Å². The van der Waals surface area contributed by atoms with Crippen LogP contribution in [0.4, 0.5) is 5.82 Å². The number of hydrogen-bond donors (Lipinski definition) is 1. The van der Waals surface area contributed by atoms with Crippen LogP contribution in [0.5, 0.6) is 0 Å². The fourth-order valence-corrected chi connectivity index (χ4v) is 2.26. The van der Waals surface area contributed by atoms with Crippen molar-refractivity contribution in [3.63, 3.8) is 0 Å². The number of nitrogens with two attached hydrogens (primary N) is 1. The first-order chi connectivity index (χ1) is 7.87. The van der Waals surface area contributed by atoms with Crippen molar-refractivity contribution in [1.82, 2.24) is 9.97 Å². The van der Waals surface area contributed by atoms with Gasteiger partial charge in [-0.15, -0.1) is 0 Å². The van der Waals surface area contributed by atoms with Gasteiger partial charge in [-0.2, -0.15) is 0 Å². The smallest absolute Gasteiger partial charge is 0.141 e. The second-order valence-electron chi connectivity index (χ2n) is 6.06. The van der Waals surface area contributed by atoms with Gasteiger partial charge in [-0.1, -0.05) is 20.8 Å². The average molecular weight is 298 g/mol. The Morgan fingerprint density at radius 2 is 1.94 bits per heavy atom. The van der Waals surface area contributed by atoms with Gasteiger partial charge in [0.2, 0.25) is 0 Å². The maximum atomic E-state index is 5.93. The molecule has 1 fully saturated rings. The summed E-state index contributed by atoms with van der Waals surface area (Å²) in [5.41, 5.74) is 7.35. The average Bonchev–Trinajstić information content (AvgIpc) is 3.02. The predicted molar refractivity (Wildman–Crippen MR) is 73.9 cm³/mol. The van der Waals surface area contributed by atoms with Crippen molar-refractivity contribution >= 4 is 21.7 Å². The SMILES string of the molecule is CC(C)(C)CCc1nc(N)c(Br)c(C2CC2)n1. The highest BCUT2D eigenvalue weighted by Crippen LogP contribution is 2.43. The maximum Gasteiger partial charge on any atom is 0.141 e. The zero-order valence-corrected chi connectivity index (χ0v) is 12.3. The largest absolute Gasteiger partial charge is 0.383 e. The second kappa shape index (κ2) is 4.56. The van der Waals surface area contributed by atoms with Crippen molar-refractivity contribution in [3.8, 4) is 0 Å². The molecule has 0 aliphatic heterocycles. The van der Waals surface area contributed by atoms with E-state index in [1.54, 1.807) is 0 Å². The van der Waals surface area contributed by atoms with Gasteiger partial charge in [-0.25, -0.2) is 9.97 Å². The molecule has 17 heavy (non-hydrogen) atoms. The predicted octanol–water partition coefficient (Wildman–Crippen LogP) is 3.68. The van der Waals surface area contributed by atoms with Crippen LogP contribution < -0.4 is 5.73 Å². The summed E-state index contributed by atoms with van der Waals surface area (Å²) < 4.78 is 0.902. The van der Waals surface area contributed by atoms with E-state index < -0.39 is 0 Å². The van der Waals surface area contributed by atoms with E-state index in [1.165, 1.54) is 12.8 Å². The highest BCUT2D eigenvalue weighted by atomic mass is 79.9. The fourth-order valence-electron chi connectivity index (χ4n) is 1.76. The van der Waals surface area contributed by atoms with Crippen LogP contribution in [-0.2, 0) is 6.42 Å². The standard InChI is InChI=1S/C13H20BrN3/c1-13(2,3)7-6-9-16-11(8-4-5-8)10(14)12(15)17-9/h8H,4-7H2,1-3H3,(H2,15,16,17). The molecule has 1 aromatic heterocycles. The molecule has 4 heteroatoms. The third kappa shape index (κ3) is 3.41. The van der Waals surface area contributed by atoms with Crippen LogP contribution in [0.2, 0.25) is 0 Å². The molecule has 0 saturated heterocycles. The van der Waals surface area contributed by atoms with Gasteiger partial charge in [0, 0.05) is 12.3 Å². The molecule has 1 aliphatic rings. The van der Waals surface area contributed by atoms with Crippen LogP contribution in [-0.4, -0.2) is 9.97 Å². The van der Waals surface area contributed by atoms with E-state index in [9.17, 15) is 0 Å². The van der Waals surface area contributed by atoms with Gasteiger partial charge >= 0.3 is 0 Å². The van der Waals surface area contributed by atoms with Crippen LogP contribution >= 0.6 is 15.9 Å². The van der Waals surface area contributed by atoms with Crippen LogP contribution in [0, 0.1) is 5.41 Å². The lowest BCUT2D eigenvalue weighted by Gasteiger charge is -2.17. The molecule has 0 unspecified atom stereocenters. The van der Waals surface area contributed by atoms with Crippen molar-refractivity contribution in [2.45, 2.75) is 52.4 Å². The van der Waals surface area contributed by atoms with Crippen LogP contribution in [0.3, 0.4) is 0 Å². The van der Waals surface area contributed by atoms with Crippen LogP contribution in [0.15, 0.2) is 4.47 Å². The Morgan fingerprint density at radius 3 is 2.47 bits per heavy atom. The molecule has 0 aromatic carbocycles. The van der Waals surface area contributed by atoms with E-state index in [-0.39, 0.29) is 0 Å². The Bertz CT molecular complexity index is 419. The molecule has 0 radical (unpaired) electrons. The molecular weight excluding hydrogens is 278 g/mol. The molecule has 94 valence electrons. The van der Waals surface area contributed by atoms with Crippen molar-refractivity contribution in [2.24, 2.45) is 5.41 Å². The van der Waals surface area contributed by atoms with Crippen molar-refractivity contribution < 1.29 is 0 Å². The molecular formula is C13H20BrN3. The molecule has 3 nitrogen and oxygen atoms in total. The van der Waals surface area contributed by atoms with Gasteiger partial charge in [0.1, 0.15) is 11.6 Å². The van der Waals surface area contributed by atoms with Crippen molar-refractivity contribution in [3.05, 3.63) is 16.0 Å². The first-order valence-electron chi connectivity index (χ1n) is 6.18. The summed E-state index contributed by atoms with van der Waals surface area (Å²) in [5, 5.41) is 0. The van der Waals surface area contributed by atoms with E-state index in [4.69, 9.17) is 5.73 Å². The number of hydrogen-bond acceptors (Lipinski definition) is 3. The summed E-state index contributed by atoms with van der Waals surface area (Å²) >= 11 is 3.50. The van der Waals surface area contributed by atoms with Gasteiger partial charge in [0.15, 0.2) is 0 Å². The molecule has 1 aromatic rings. The van der Waals surface area contributed by atoms with Crippen molar-refractivity contribution in [1.29, 1.82) is 0 Å². The van der Waals surface area contributed by atoms with Gasteiger partial charge in [0.05, 0.1) is 10.2 Å². The van der Waals surface area contributed by atoms with E-state index in [2.05, 4.69) is 46.7 Å². The van der Waals surface area contributed by atoms with Gasteiger partial charge in [0.25, 0.3) is 0 Å². The first-order valence-corrected chi connectivity index (χ1v) is 6.98. The summed E-state index contributed by atoms with van der Waals surface area (Å²) in [6.07, 6.45) is 4.44. The Kier molecular flexibility index (Phi) is 3.43. The first kappa shape index (κ1) is 12.8. The van der Waals surface area contributed by atoms with E-state index in [0.717, 1.165) is 28.8 Å². The Balaban J connectivity index is 2.17. The summed E-state index contributed by atoms with van der Waals surface area (Å²) in [4.78, 5) is 9.03. The molecule has 1 heterocycles. The number of aromatic nitrogens is 2. The lowest BCUT2D eigenvalue weighted by Crippen LogP contribution is -2.10. The number of nitrogens with zero attached hydrogens (tertiary/aromatic N) is 2. The summed E-state index contributed by atoms with van der Waals surface area (Å²) in [5.74, 6) is 2.08. The van der Waals surface area contributed by atoms with Crippen LogP contribution in [0.25, 0.3) is 0 Å². The van der Waals surface area contributed by atoms with E-state index in [1.807, 2.05) is 0 Å². The van der Waals surface area contributed by atoms with Crippen LogP contribution in [0.1, 0.15) is 57.5 Å². The lowest BCUT2D eigenvalue weighted by molar-refractivity contribution is 0.374. The van der Waals surface area contributed by atoms with Gasteiger partial charge < -0.3 is 5.73 Å². The lowest BCUT2D eigenvalue weighted by atomic mass is 9.90. The third-order valence-electron chi connectivity index (χ3n) is 3.01. The highest BCUT2D eigenvalue weighted by Gasteiger charge is 2.29. The fraction of sp³-hybridized carbons (Fsp3) is 0.692. The molecule has 1 aliphatic carbocycles. The summed E-state index contributed by atoms with van der Waals surface area (Å²) in [6, 6.07) is 0. The number of nitrogen functional groups attached to an aromatic ring is 1. The molecule has 0 amide bonds. The minimum absolute atomic E-state index is 0.310. The normalized spacial score (nSPS) is 16.2. The molecule has 1 saturated carbocycles. The summed E-state index contributed by atoms with van der Waals surface area (Å²) in [6.45, 7) is 6.70. The second-order valence-corrected chi connectivity index (χ2v) is 6.85. The van der Waals surface area contributed by atoms with Gasteiger partial charge in [-0.3, -0.25) is 0 Å². The number of rotatable bonds is 3. The zero-order chi connectivity index (χ0) is 12.6. The molecule has 0 bridgehead atoms. The highest BCUT2D eigenvalue weighted by molar-refractivity contribution is 9.10. The maximum absolute atomic E-state index is 5.93. The van der Waals surface area contributed by atoms with E-state index in [0.29, 0.717) is 17.2 Å². The Morgan fingerprint density at radius 1 is 1.29 bits per heavy atom. The number of anilines is 1. The third-order valence-corrected chi connectivity index (χ3v) is 3.82. The quantitative estimate of drug-likeness (QED) is 0.926. The summed E-state index contributed by atoms with van der Waals surface area (Å²) in [7, 11) is 0. The number of aryl methyl sites for hydroxylation is 1. The zero-order valence-electron chi connectivity index (χ0n) is 10.8. The molecule has 0 spiro atoms. The monoisotopic (exact) mass is 297 g/mol. The van der Waals surface area contributed by atoms with E-state index >= 15 is 0 Å². The number of halogens is 1. The Hall–Kier alpha value is -0.640. The van der Waals surface area contributed by atoms with Crippen molar-refractivity contribution in [2.75, 3.05) is 5.73 Å². The molecule has 0 atom stereocenters. The minimum Gasteiger partial charge on any atom is -0.383 e. The minimum atomic E-state index is 0.310. The Labute approximate surface area is 111 Å².